The van der Waals surface area contributed by atoms with Crippen molar-refractivity contribution >= 4 is 43.6 Å². The topological polar surface area (TPSA) is 30.1 Å². The molecule has 0 spiro atoms. The Kier molecular flexibility index (Phi) is 6.65. The summed E-state index contributed by atoms with van der Waals surface area (Å²) in [6.07, 6.45) is 0. The fourth-order valence-electron chi connectivity index (χ4n) is 7.86. The molecule has 0 amide bonds. The Morgan fingerprint density at radius 2 is 0.784 bits per heavy atom. The van der Waals surface area contributed by atoms with E-state index in [9.17, 15) is 5.11 Å². The lowest BCUT2D eigenvalue weighted by Crippen LogP contribution is -1.94. The monoisotopic (exact) mass is 652 g/mol. The van der Waals surface area contributed by atoms with Gasteiger partial charge in [0.1, 0.15) is 5.75 Å². The molecule has 3 heteroatoms. The largest absolute Gasteiger partial charge is 0.508 e. The van der Waals surface area contributed by atoms with Gasteiger partial charge in [-0.05, 0) is 100 Å². The molecule has 240 valence electrons. The van der Waals surface area contributed by atoms with Crippen LogP contribution in [0.4, 0.5) is 0 Å². The molecule has 2 aromatic heterocycles. The van der Waals surface area contributed by atoms with E-state index in [0.717, 1.165) is 38.7 Å². The van der Waals surface area contributed by atoms with Crippen molar-refractivity contribution in [3.8, 4) is 50.5 Å². The second-order valence-electron chi connectivity index (χ2n) is 13.1. The van der Waals surface area contributed by atoms with Crippen molar-refractivity contribution in [1.82, 2.24) is 9.13 Å². The summed E-state index contributed by atoms with van der Waals surface area (Å²) in [5, 5.41) is 15.2. The van der Waals surface area contributed by atoms with E-state index in [2.05, 4.69) is 173 Å². The highest BCUT2D eigenvalue weighted by Crippen LogP contribution is 2.42. The van der Waals surface area contributed by atoms with E-state index in [4.69, 9.17) is 0 Å². The predicted octanol–water partition coefficient (Wildman–Crippen LogP) is 12.6. The van der Waals surface area contributed by atoms with E-state index in [-0.39, 0.29) is 5.75 Å². The Balaban J connectivity index is 1.14. The molecule has 10 rings (SSSR count). The third-order valence-electron chi connectivity index (χ3n) is 10.2. The Bertz CT molecular complexity index is 2880. The maximum Gasteiger partial charge on any atom is 0.116 e. The molecule has 8 aromatic carbocycles. The van der Waals surface area contributed by atoms with Gasteiger partial charge >= 0.3 is 0 Å². The number of phenols is 1. The molecule has 0 fully saturated rings. The molecule has 0 bridgehead atoms. The van der Waals surface area contributed by atoms with E-state index in [1.807, 2.05) is 18.2 Å². The van der Waals surface area contributed by atoms with Crippen molar-refractivity contribution in [2.75, 3.05) is 0 Å². The van der Waals surface area contributed by atoms with Crippen LogP contribution in [0.5, 0.6) is 5.75 Å². The quantitative estimate of drug-likeness (QED) is 0.197. The molecule has 3 nitrogen and oxygen atoms in total. The summed E-state index contributed by atoms with van der Waals surface area (Å²) in [5.41, 5.74) is 13.8. The second-order valence-corrected chi connectivity index (χ2v) is 13.1. The van der Waals surface area contributed by atoms with Crippen molar-refractivity contribution in [2.24, 2.45) is 0 Å². The highest BCUT2D eigenvalue weighted by atomic mass is 16.3. The van der Waals surface area contributed by atoms with Gasteiger partial charge in [0.05, 0.1) is 22.1 Å². The number of hydrogen-bond donors (Lipinski definition) is 1. The van der Waals surface area contributed by atoms with Crippen LogP contribution in [0.25, 0.3) is 88.4 Å². The van der Waals surface area contributed by atoms with E-state index in [1.54, 1.807) is 6.07 Å². The fourth-order valence-corrected chi connectivity index (χ4v) is 7.86. The second kappa shape index (κ2) is 11.6. The number of aromatic hydroxyl groups is 1. The number of fused-ring (bicyclic) bond motifs is 6. The molecule has 0 atom stereocenters. The van der Waals surface area contributed by atoms with E-state index >= 15 is 0 Å². The maximum absolute atomic E-state index is 10.7. The summed E-state index contributed by atoms with van der Waals surface area (Å²) in [4.78, 5) is 0. The minimum atomic E-state index is 0.259. The van der Waals surface area contributed by atoms with Crippen LogP contribution in [0.3, 0.4) is 0 Å². The first-order valence-electron chi connectivity index (χ1n) is 17.3. The minimum absolute atomic E-state index is 0.259. The zero-order chi connectivity index (χ0) is 33.9. The summed E-state index contributed by atoms with van der Waals surface area (Å²) in [6.45, 7) is 0. The summed E-state index contributed by atoms with van der Waals surface area (Å²) in [6, 6.07) is 66.4. The SMILES string of the molecule is Oc1ccc2c(c1)c1cc(-c3cccc4c3c3ccccc3n4-c3ccc(-c4ccccc4)cc3)ccc1n2-c1ccc(-c2ccccc2)cc1. The van der Waals surface area contributed by atoms with Gasteiger partial charge < -0.3 is 14.2 Å². The smallest absolute Gasteiger partial charge is 0.116 e. The Morgan fingerprint density at radius 3 is 1.43 bits per heavy atom. The molecular weight excluding hydrogens is 621 g/mol. The van der Waals surface area contributed by atoms with Gasteiger partial charge in [-0.15, -0.1) is 0 Å². The first-order valence-corrected chi connectivity index (χ1v) is 17.3. The Labute approximate surface area is 295 Å². The van der Waals surface area contributed by atoms with Gasteiger partial charge in [-0.1, -0.05) is 121 Å². The van der Waals surface area contributed by atoms with Crippen LogP contribution in [-0.4, -0.2) is 14.2 Å². The van der Waals surface area contributed by atoms with Crippen LogP contribution < -0.4 is 0 Å². The highest BCUT2D eigenvalue weighted by molar-refractivity contribution is 6.17. The number of phenolic OH excluding ortho intramolecular Hbond substituents is 1. The zero-order valence-corrected chi connectivity index (χ0v) is 27.7. The van der Waals surface area contributed by atoms with Gasteiger partial charge in [-0.25, -0.2) is 0 Å². The van der Waals surface area contributed by atoms with Crippen molar-refractivity contribution in [1.29, 1.82) is 0 Å². The Morgan fingerprint density at radius 1 is 0.314 bits per heavy atom. The van der Waals surface area contributed by atoms with Gasteiger partial charge in [-0.3, -0.25) is 0 Å². The standard InChI is InChI=1S/C48H32N2O/c51-39-27-29-46-43(31-39)42-30-36(22-28-45(42)49(46)37-23-18-34(19-24-37)32-10-3-1-4-11-32)40-15-9-17-47-48(40)41-14-7-8-16-44(41)50(47)38-25-20-35(21-26-38)33-12-5-2-6-13-33/h1-31,51H. The lowest BCUT2D eigenvalue weighted by atomic mass is 9.98. The number of nitrogens with zero attached hydrogens (tertiary/aromatic N) is 2. The van der Waals surface area contributed by atoms with Crippen LogP contribution >= 0.6 is 0 Å². The van der Waals surface area contributed by atoms with Crippen LogP contribution in [0.15, 0.2) is 188 Å². The normalized spacial score (nSPS) is 11.6. The molecule has 0 aliphatic carbocycles. The first kappa shape index (κ1) is 29.1. The predicted molar refractivity (Wildman–Crippen MR) is 213 cm³/mol. The number of aromatic nitrogens is 2. The van der Waals surface area contributed by atoms with Crippen molar-refractivity contribution in [2.45, 2.75) is 0 Å². The molecule has 0 radical (unpaired) electrons. The average molecular weight is 653 g/mol. The van der Waals surface area contributed by atoms with Crippen molar-refractivity contribution < 1.29 is 5.11 Å². The fraction of sp³-hybridized carbons (Fsp3) is 0. The molecule has 2 heterocycles. The van der Waals surface area contributed by atoms with E-state index < -0.39 is 0 Å². The number of hydrogen-bond acceptors (Lipinski definition) is 1. The summed E-state index contributed by atoms with van der Waals surface area (Å²) in [5.74, 6) is 0.259. The lowest BCUT2D eigenvalue weighted by molar-refractivity contribution is 0.476. The summed E-state index contributed by atoms with van der Waals surface area (Å²) >= 11 is 0. The van der Waals surface area contributed by atoms with Gasteiger partial charge in [0.15, 0.2) is 0 Å². The molecule has 0 unspecified atom stereocenters. The molecule has 0 saturated carbocycles. The molecule has 0 aliphatic rings. The molecular formula is C48H32N2O. The number of benzene rings is 8. The van der Waals surface area contributed by atoms with Crippen LogP contribution in [0.2, 0.25) is 0 Å². The number of para-hydroxylation sites is 1. The number of rotatable bonds is 5. The third kappa shape index (κ3) is 4.74. The third-order valence-corrected chi connectivity index (χ3v) is 10.2. The first-order chi connectivity index (χ1) is 25.2. The highest BCUT2D eigenvalue weighted by Gasteiger charge is 2.18. The van der Waals surface area contributed by atoms with Gasteiger partial charge in [0.2, 0.25) is 0 Å². The van der Waals surface area contributed by atoms with E-state index in [0.29, 0.717) is 0 Å². The average Bonchev–Trinajstić information content (AvgIpc) is 3.71. The van der Waals surface area contributed by atoms with Crippen LogP contribution in [0.1, 0.15) is 0 Å². The van der Waals surface area contributed by atoms with Crippen LogP contribution in [0, 0.1) is 0 Å². The zero-order valence-electron chi connectivity index (χ0n) is 27.7. The molecule has 0 aliphatic heterocycles. The van der Waals surface area contributed by atoms with Gasteiger partial charge in [-0.2, -0.15) is 0 Å². The van der Waals surface area contributed by atoms with Crippen LogP contribution in [-0.2, 0) is 0 Å². The summed E-state index contributed by atoms with van der Waals surface area (Å²) in [7, 11) is 0. The molecule has 10 aromatic rings. The van der Waals surface area contributed by atoms with Crippen molar-refractivity contribution in [3.05, 3.63) is 188 Å². The van der Waals surface area contributed by atoms with Gasteiger partial charge in [0, 0.05) is 32.9 Å². The molecule has 0 saturated heterocycles. The lowest BCUT2D eigenvalue weighted by Gasteiger charge is -2.11. The van der Waals surface area contributed by atoms with Crippen molar-refractivity contribution in [3.63, 3.8) is 0 Å². The summed E-state index contributed by atoms with van der Waals surface area (Å²) < 4.78 is 4.68. The maximum atomic E-state index is 10.7. The Hall–Kier alpha value is -6.84. The minimum Gasteiger partial charge on any atom is -0.508 e. The van der Waals surface area contributed by atoms with Gasteiger partial charge in [0.25, 0.3) is 0 Å². The molecule has 1 N–H and O–H groups in total. The van der Waals surface area contributed by atoms with E-state index in [1.165, 1.54) is 49.6 Å². The molecule has 51 heavy (non-hydrogen) atoms.